The number of carbonyl (C=O) groups excluding carboxylic acids is 1. The first-order chi connectivity index (χ1) is 16.6. The molecule has 0 radical (unpaired) electrons. The van der Waals surface area contributed by atoms with Crippen molar-refractivity contribution in [2.24, 2.45) is 16.8 Å². The van der Waals surface area contributed by atoms with Crippen LogP contribution in [0, 0.1) is 11.8 Å². The van der Waals surface area contributed by atoms with E-state index in [2.05, 4.69) is 42.3 Å². The molecule has 1 aromatic heterocycles. The summed E-state index contributed by atoms with van der Waals surface area (Å²) in [6.45, 7) is 2.11. The fraction of sp³-hybridized carbons (Fsp3) is 0.440. The number of carbonyl (C=O) groups is 1. The van der Waals surface area contributed by atoms with E-state index in [1.807, 2.05) is 24.5 Å². The number of benzene rings is 1. The van der Waals surface area contributed by atoms with E-state index in [-0.39, 0.29) is 5.91 Å². The van der Waals surface area contributed by atoms with Crippen LogP contribution in [0.1, 0.15) is 44.1 Å². The van der Waals surface area contributed by atoms with Gasteiger partial charge in [-0.15, -0.1) is 0 Å². The Morgan fingerprint density at radius 2 is 2.06 bits per heavy atom. The van der Waals surface area contributed by atoms with E-state index in [0.717, 1.165) is 74.2 Å². The first-order valence-corrected chi connectivity index (χ1v) is 12.4. The molecule has 5 rings (SSSR count). The largest absolute Gasteiger partial charge is 0.339 e. The van der Waals surface area contributed by atoms with Crippen LogP contribution in [0.25, 0.3) is 0 Å². The summed E-state index contributed by atoms with van der Waals surface area (Å²) in [6.07, 6.45) is 11.8. The molecule has 0 saturated carbocycles. The van der Waals surface area contributed by atoms with Crippen molar-refractivity contribution in [1.82, 2.24) is 15.3 Å². The summed E-state index contributed by atoms with van der Waals surface area (Å²) in [7, 11) is 0. The highest BCUT2D eigenvalue weighted by Crippen LogP contribution is 2.31. The molecule has 34 heavy (non-hydrogen) atoms. The molecule has 3 aliphatic heterocycles. The van der Waals surface area contributed by atoms with E-state index in [4.69, 9.17) is 11.6 Å². The SMILES string of the molecule is O=C(CCC1CCNCC1)Nc1ccc2cc1CCC1C=NC=C(C1)Nc1ncc(Cl)c(n1)N2. The second kappa shape index (κ2) is 10.5. The van der Waals surface area contributed by atoms with Crippen LogP contribution in [0.15, 0.2) is 41.3 Å². The fourth-order valence-electron chi connectivity index (χ4n) is 4.76. The average Bonchev–Trinajstić information content (AvgIpc) is 2.86. The molecule has 4 heterocycles. The van der Waals surface area contributed by atoms with E-state index in [1.165, 1.54) is 0 Å². The quantitative estimate of drug-likeness (QED) is 0.498. The highest BCUT2D eigenvalue weighted by molar-refractivity contribution is 6.32. The molecule has 8 nitrogen and oxygen atoms in total. The number of allylic oxidation sites excluding steroid dienone is 1. The van der Waals surface area contributed by atoms with Gasteiger partial charge in [-0.05, 0) is 81.3 Å². The summed E-state index contributed by atoms with van der Waals surface area (Å²) >= 11 is 6.36. The minimum Gasteiger partial charge on any atom is -0.339 e. The molecule has 2 aromatic rings. The highest BCUT2D eigenvalue weighted by Gasteiger charge is 2.19. The third-order valence-electron chi connectivity index (χ3n) is 6.69. The summed E-state index contributed by atoms with van der Waals surface area (Å²) in [5.74, 6) is 2.01. The smallest absolute Gasteiger partial charge is 0.229 e. The number of aromatic nitrogens is 2. The van der Waals surface area contributed by atoms with Crippen molar-refractivity contribution >= 4 is 46.9 Å². The number of piperidine rings is 1. The molecule has 1 unspecified atom stereocenters. The fourth-order valence-corrected chi connectivity index (χ4v) is 4.90. The second-order valence-electron chi connectivity index (χ2n) is 9.25. The number of nitrogens with zero attached hydrogens (tertiary/aromatic N) is 3. The van der Waals surface area contributed by atoms with Crippen LogP contribution < -0.4 is 21.3 Å². The van der Waals surface area contributed by atoms with Crippen LogP contribution in [-0.4, -0.2) is 35.2 Å². The van der Waals surface area contributed by atoms with Crippen LogP contribution in [0.2, 0.25) is 5.02 Å². The van der Waals surface area contributed by atoms with Crippen molar-refractivity contribution in [3.63, 3.8) is 0 Å². The van der Waals surface area contributed by atoms with Gasteiger partial charge in [0.05, 0.1) is 6.20 Å². The first kappa shape index (κ1) is 22.8. The maximum absolute atomic E-state index is 12.8. The molecule has 0 spiro atoms. The molecule has 1 fully saturated rings. The average molecular weight is 480 g/mol. The van der Waals surface area contributed by atoms with Gasteiger partial charge in [-0.2, -0.15) is 4.98 Å². The number of hydrogen-bond acceptors (Lipinski definition) is 7. The van der Waals surface area contributed by atoms with Crippen molar-refractivity contribution in [3.8, 4) is 0 Å². The summed E-state index contributed by atoms with van der Waals surface area (Å²) in [5, 5.41) is 13.6. The van der Waals surface area contributed by atoms with E-state index in [9.17, 15) is 4.79 Å². The molecule has 6 bridgehead atoms. The van der Waals surface area contributed by atoms with Crippen molar-refractivity contribution < 1.29 is 4.79 Å². The Morgan fingerprint density at radius 3 is 2.94 bits per heavy atom. The molecule has 4 N–H and O–H groups in total. The minimum absolute atomic E-state index is 0.0792. The van der Waals surface area contributed by atoms with Gasteiger partial charge in [0.15, 0.2) is 5.82 Å². The molecular weight excluding hydrogens is 450 g/mol. The Bertz CT molecular complexity index is 1110. The Hall–Kier alpha value is -2.97. The number of aryl methyl sites for hydroxylation is 1. The van der Waals surface area contributed by atoms with Crippen LogP contribution in [0.4, 0.5) is 23.1 Å². The van der Waals surface area contributed by atoms with Gasteiger partial charge in [0.1, 0.15) is 5.02 Å². The number of rotatable bonds is 4. The molecule has 178 valence electrons. The monoisotopic (exact) mass is 479 g/mol. The molecule has 0 aliphatic carbocycles. The molecule has 3 aliphatic rings. The topological polar surface area (TPSA) is 103 Å². The van der Waals surface area contributed by atoms with E-state index >= 15 is 0 Å². The number of halogens is 1. The molecule has 9 heteroatoms. The van der Waals surface area contributed by atoms with Gasteiger partial charge in [-0.25, -0.2) is 4.98 Å². The van der Waals surface area contributed by atoms with Crippen LogP contribution in [-0.2, 0) is 11.2 Å². The van der Waals surface area contributed by atoms with Gasteiger partial charge < -0.3 is 21.3 Å². The lowest BCUT2D eigenvalue weighted by Gasteiger charge is -2.22. The zero-order chi connectivity index (χ0) is 23.3. The minimum atomic E-state index is 0.0792. The third kappa shape index (κ3) is 5.74. The lowest BCUT2D eigenvalue weighted by Crippen LogP contribution is -2.28. The number of nitrogens with one attached hydrogen (secondary N) is 4. The van der Waals surface area contributed by atoms with Crippen molar-refractivity contribution in [1.29, 1.82) is 0 Å². The van der Waals surface area contributed by atoms with Gasteiger partial charge in [0, 0.05) is 41.8 Å². The van der Waals surface area contributed by atoms with E-state index < -0.39 is 0 Å². The van der Waals surface area contributed by atoms with Crippen molar-refractivity contribution in [2.75, 3.05) is 29.0 Å². The van der Waals surface area contributed by atoms with Gasteiger partial charge in [-0.1, -0.05) is 11.6 Å². The molecule has 1 amide bonds. The number of fused-ring (bicyclic) bond motifs is 6. The lowest BCUT2D eigenvalue weighted by molar-refractivity contribution is -0.116. The Kier molecular flexibility index (Phi) is 7.06. The Balaban J connectivity index is 1.36. The summed E-state index contributed by atoms with van der Waals surface area (Å²) in [5.41, 5.74) is 3.79. The molecular formula is C25H30ClN7O. The molecule has 1 atom stereocenters. The number of aliphatic imine (C=N–C) groups is 1. The Morgan fingerprint density at radius 1 is 1.18 bits per heavy atom. The Labute approximate surface area is 204 Å². The zero-order valence-corrected chi connectivity index (χ0v) is 19.9. The van der Waals surface area contributed by atoms with Gasteiger partial charge in [-0.3, -0.25) is 9.79 Å². The molecule has 1 saturated heterocycles. The van der Waals surface area contributed by atoms with Crippen LogP contribution >= 0.6 is 11.6 Å². The highest BCUT2D eigenvalue weighted by atomic mass is 35.5. The normalized spacial score (nSPS) is 20.0. The predicted molar refractivity (Wildman–Crippen MR) is 137 cm³/mol. The van der Waals surface area contributed by atoms with E-state index in [0.29, 0.717) is 35.0 Å². The van der Waals surface area contributed by atoms with E-state index in [1.54, 1.807) is 6.20 Å². The van der Waals surface area contributed by atoms with Crippen molar-refractivity contribution in [3.05, 3.63) is 46.9 Å². The predicted octanol–water partition coefficient (Wildman–Crippen LogP) is 4.88. The number of hydrogen-bond donors (Lipinski definition) is 4. The third-order valence-corrected chi connectivity index (χ3v) is 6.97. The summed E-state index contributed by atoms with van der Waals surface area (Å²) in [4.78, 5) is 26.0. The van der Waals surface area contributed by atoms with Gasteiger partial charge >= 0.3 is 0 Å². The summed E-state index contributed by atoms with van der Waals surface area (Å²) in [6, 6.07) is 5.98. The maximum Gasteiger partial charge on any atom is 0.229 e. The maximum atomic E-state index is 12.8. The van der Waals surface area contributed by atoms with Crippen molar-refractivity contribution in [2.45, 2.75) is 44.9 Å². The summed E-state index contributed by atoms with van der Waals surface area (Å²) < 4.78 is 0. The standard InChI is InChI=1S/C25H30ClN7O/c26-21-15-29-25-31-20-11-17(13-28-14-20)1-3-18-12-19(30-24(21)33-25)4-5-22(18)32-23(34)6-2-16-7-9-27-10-8-16/h4-5,12-17,27H,1-3,6-11H2,(H,32,34)(H2,29,30,31,33). The zero-order valence-electron chi connectivity index (χ0n) is 19.1. The van der Waals surface area contributed by atoms with Crippen LogP contribution in [0.5, 0.6) is 0 Å². The number of anilines is 4. The first-order valence-electron chi connectivity index (χ1n) is 12.0. The van der Waals surface area contributed by atoms with Gasteiger partial charge in [0.25, 0.3) is 0 Å². The second-order valence-corrected chi connectivity index (χ2v) is 9.65. The lowest BCUT2D eigenvalue weighted by atomic mass is 9.93. The molecule has 1 aromatic carbocycles. The van der Waals surface area contributed by atoms with Gasteiger partial charge in [0.2, 0.25) is 11.9 Å². The number of amides is 1. The van der Waals surface area contributed by atoms with Crippen LogP contribution in [0.3, 0.4) is 0 Å².